The fourth-order valence-electron chi connectivity index (χ4n) is 2.31. The molecule has 0 unspecified atom stereocenters. The van der Waals surface area contributed by atoms with Gasteiger partial charge in [0.25, 0.3) is 0 Å². The maximum Gasteiger partial charge on any atom is 0.242 e. The summed E-state index contributed by atoms with van der Waals surface area (Å²) in [7, 11) is -3.81. The Bertz CT molecular complexity index is 974. The van der Waals surface area contributed by atoms with E-state index in [1.54, 1.807) is 24.0 Å². The summed E-state index contributed by atoms with van der Waals surface area (Å²) in [6.07, 6.45) is 3.03. The number of benzene rings is 2. The molecule has 0 aliphatic heterocycles. The number of rotatable bonds is 5. The molecule has 0 aliphatic carbocycles. The van der Waals surface area contributed by atoms with Crippen molar-refractivity contribution in [1.82, 2.24) is 19.5 Å². The molecule has 0 fully saturated rings. The molecule has 2 aromatic carbocycles. The Morgan fingerprint density at radius 3 is 2.48 bits per heavy atom. The zero-order valence-electron chi connectivity index (χ0n) is 13.1. The van der Waals surface area contributed by atoms with Crippen LogP contribution in [0.15, 0.2) is 60.0 Å². The number of halogens is 2. The molecule has 9 heteroatoms. The van der Waals surface area contributed by atoms with E-state index < -0.39 is 16.1 Å². The van der Waals surface area contributed by atoms with Crippen molar-refractivity contribution in [3.63, 3.8) is 0 Å². The van der Waals surface area contributed by atoms with Gasteiger partial charge in [0.05, 0.1) is 15.7 Å². The van der Waals surface area contributed by atoms with Gasteiger partial charge in [-0.25, -0.2) is 22.8 Å². The van der Waals surface area contributed by atoms with Crippen molar-refractivity contribution >= 4 is 33.2 Å². The highest BCUT2D eigenvalue weighted by molar-refractivity contribution is 7.89. The zero-order valence-corrected chi connectivity index (χ0v) is 15.4. The first-order valence-electron chi connectivity index (χ1n) is 7.30. The van der Waals surface area contributed by atoms with Gasteiger partial charge in [0.15, 0.2) is 0 Å². The minimum Gasteiger partial charge on any atom is -0.223 e. The molecule has 130 valence electrons. The van der Waals surface area contributed by atoms with E-state index in [-0.39, 0.29) is 14.9 Å². The smallest absolute Gasteiger partial charge is 0.223 e. The topological polar surface area (TPSA) is 76.9 Å². The maximum atomic E-state index is 12.6. The second-order valence-electron chi connectivity index (χ2n) is 5.33. The molecule has 1 atom stereocenters. The van der Waals surface area contributed by atoms with Crippen LogP contribution in [0.25, 0.3) is 5.69 Å². The van der Waals surface area contributed by atoms with E-state index in [1.807, 2.05) is 24.3 Å². The lowest BCUT2D eigenvalue weighted by Gasteiger charge is -2.16. The van der Waals surface area contributed by atoms with E-state index >= 15 is 0 Å². The quantitative estimate of drug-likeness (QED) is 0.714. The first-order valence-corrected chi connectivity index (χ1v) is 9.54. The number of aromatic nitrogens is 3. The summed E-state index contributed by atoms with van der Waals surface area (Å²) in [4.78, 5) is 3.84. The Morgan fingerprint density at radius 2 is 1.84 bits per heavy atom. The predicted molar refractivity (Wildman–Crippen MR) is 96.6 cm³/mol. The van der Waals surface area contributed by atoms with E-state index in [9.17, 15) is 8.42 Å². The molecule has 3 aromatic rings. The third kappa shape index (κ3) is 3.85. The summed E-state index contributed by atoms with van der Waals surface area (Å²) in [5.74, 6) is 0. The third-order valence-electron chi connectivity index (χ3n) is 3.61. The number of hydrogen-bond donors (Lipinski definition) is 1. The highest BCUT2D eigenvalue weighted by atomic mass is 35.5. The van der Waals surface area contributed by atoms with Gasteiger partial charge >= 0.3 is 0 Å². The van der Waals surface area contributed by atoms with Gasteiger partial charge in [0, 0.05) is 6.04 Å². The average molecular weight is 397 g/mol. The molecule has 1 aromatic heterocycles. The van der Waals surface area contributed by atoms with E-state index in [0.29, 0.717) is 0 Å². The summed E-state index contributed by atoms with van der Waals surface area (Å²) in [5, 5.41) is 4.24. The molecule has 0 radical (unpaired) electrons. The second-order valence-corrected chi connectivity index (χ2v) is 7.79. The van der Waals surface area contributed by atoms with Crippen molar-refractivity contribution in [3.05, 3.63) is 70.7 Å². The largest absolute Gasteiger partial charge is 0.242 e. The van der Waals surface area contributed by atoms with Crippen LogP contribution < -0.4 is 4.72 Å². The molecule has 0 spiro atoms. The van der Waals surface area contributed by atoms with Crippen molar-refractivity contribution < 1.29 is 8.42 Å². The van der Waals surface area contributed by atoms with E-state index in [0.717, 1.165) is 11.3 Å². The Morgan fingerprint density at radius 1 is 1.12 bits per heavy atom. The van der Waals surface area contributed by atoms with Crippen molar-refractivity contribution in [1.29, 1.82) is 0 Å². The molecular formula is C16H14Cl2N4O2S. The fourth-order valence-corrected chi connectivity index (χ4v) is 4.31. The number of nitrogens with one attached hydrogen (secondary N) is 1. The Hall–Kier alpha value is -1.93. The Kier molecular flexibility index (Phi) is 5.10. The highest BCUT2D eigenvalue weighted by Crippen LogP contribution is 2.29. The summed E-state index contributed by atoms with van der Waals surface area (Å²) in [6, 6.07) is 11.4. The lowest BCUT2D eigenvalue weighted by atomic mass is 10.1. The van der Waals surface area contributed by atoms with Crippen LogP contribution in [0.1, 0.15) is 18.5 Å². The van der Waals surface area contributed by atoms with Crippen molar-refractivity contribution in [2.45, 2.75) is 17.9 Å². The molecule has 25 heavy (non-hydrogen) atoms. The lowest BCUT2D eigenvalue weighted by Crippen LogP contribution is -2.27. The molecule has 0 bridgehead atoms. The number of sulfonamides is 1. The second kappa shape index (κ2) is 7.13. The molecule has 0 aliphatic rings. The maximum absolute atomic E-state index is 12.6. The monoisotopic (exact) mass is 396 g/mol. The van der Waals surface area contributed by atoms with Gasteiger partial charge in [-0.2, -0.15) is 5.10 Å². The molecule has 0 saturated carbocycles. The molecule has 1 N–H and O–H groups in total. The van der Waals surface area contributed by atoms with Gasteiger partial charge in [0.2, 0.25) is 10.0 Å². The number of hydrogen-bond acceptors (Lipinski definition) is 4. The predicted octanol–water partition coefficient (Wildman–Crippen LogP) is 3.61. The Balaban J connectivity index is 1.81. The molecule has 1 heterocycles. The first-order chi connectivity index (χ1) is 11.9. The van der Waals surface area contributed by atoms with Crippen LogP contribution in [0, 0.1) is 0 Å². The van der Waals surface area contributed by atoms with E-state index in [2.05, 4.69) is 14.8 Å². The van der Waals surface area contributed by atoms with Crippen molar-refractivity contribution in [2.75, 3.05) is 0 Å². The van der Waals surface area contributed by atoms with Gasteiger partial charge in [-0.1, -0.05) is 41.4 Å². The minimum atomic E-state index is -3.81. The van der Waals surface area contributed by atoms with Crippen LogP contribution in [-0.4, -0.2) is 23.2 Å². The van der Waals surface area contributed by atoms with Crippen LogP contribution in [0.5, 0.6) is 0 Å². The van der Waals surface area contributed by atoms with Crippen LogP contribution in [0.3, 0.4) is 0 Å². The van der Waals surface area contributed by atoms with Crippen molar-refractivity contribution in [3.8, 4) is 5.69 Å². The summed E-state index contributed by atoms with van der Waals surface area (Å²) < 4.78 is 29.4. The average Bonchev–Trinajstić information content (AvgIpc) is 3.11. The standard InChI is InChI=1S/C16H14Cl2N4O2S/c1-11(12-5-7-13(8-6-12)22-10-19-9-20-22)21-25(23,24)15-4-2-3-14(17)16(15)18/h2-11,21H,1H3/t11-/m1/s1. The van der Waals surface area contributed by atoms with Crippen LogP contribution in [-0.2, 0) is 10.0 Å². The molecule has 0 saturated heterocycles. The highest BCUT2D eigenvalue weighted by Gasteiger charge is 2.22. The molecule has 3 rings (SSSR count). The van der Waals surface area contributed by atoms with Crippen molar-refractivity contribution in [2.24, 2.45) is 0 Å². The summed E-state index contributed by atoms with van der Waals surface area (Å²) in [5.41, 5.74) is 1.62. The van der Waals surface area contributed by atoms with Gasteiger partial charge in [-0.15, -0.1) is 0 Å². The summed E-state index contributed by atoms with van der Waals surface area (Å²) >= 11 is 11.9. The first kappa shape index (κ1) is 17.9. The molecule has 6 nitrogen and oxygen atoms in total. The van der Waals surface area contributed by atoms with E-state index in [1.165, 1.54) is 18.5 Å². The Labute approximate surface area is 155 Å². The van der Waals surface area contributed by atoms with Crippen LogP contribution in [0.4, 0.5) is 0 Å². The minimum absolute atomic E-state index is 0.00500. The molecule has 0 amide bonds. The van der Waals surface area contributed by atoms with Gasteiger partial charge in [-0.05, 0) is 36.8 Å². The summed E-state index contributed by atoms with van der Waals surface area (Å²) in [6.45, 7) is 1.75. The fraction of sp³-hybridized carbons (Fsp3) is 0.125. The normalized spacial score (nSPS) is 12.9. The third-order valence-corrected chi connectivity index (χ3v) is 6.13. The zero-order chi connectivity index (χ0) is 18.0. The molecular weight excluding hydrogens is 383 g/mol. The van der Waals surface area contributed by atoms with Gasteiger partial charge < -0.3 is 0 Å². The number of nitrogens with zero attached hydrogens (tertiary/aromatic N) is 3. The lowest BCUT2D eigenvalue weighted by molar-refractivity contribution is 0.567. The van der Waals surface area contributed by atoms with Gasteiger partial charge in [0.1, 0.15) is 17.6 Å². The van der Waals surface area contributed by atoms with Gasteiger partial charge in [-0.3, -0.25) is 0 Å². The van der Waals surface area contributed by atoms with Crippen LogP contribution in [0.2, 0.25) is 10.0 Å². The SMILES string of the molecule is C[C@@H](NS(=O)(=O)c1cccc(Cl)c1Cl)c1ccc(-n2cncn2)cc1. The van der Waals surface area contributed by atoms with E-state index in [4.69, 9.17) is 23.2 Å². The van der Waals surface area contributed by atoms with Crippen LogP contribution >= 0.6 is 23.2 Å².